The maximum Gasteiger partial charge on any atom is 0.251 e. The standard InChI is InChI=1S/C10H12INO/c1-6-4-5-8(11)7(2)9(6)10(13)12-3/h4-5H,1-3H3,(H,12,13). The van der Waals surface area contributed by atoms with Gasteiger partial charge in [-0.15, -0.1) is 0 Å². The van der Waals surface area contributed by atoms with Crippen molar-refractivity contribution in [2.75, 3.05) is 7.05 Å². The number of carbonyl (C=O) groups is 1. The maximum absolute atomic E-state index is 11.5. The lowest BCUT2D eigenvalue weighted by molar-refractivity contribution is 0.0962. The third kappa shape index (κ3) is 2.02. The first kappa shape index (κ1) is 10.5. The molecule has 1 aromatic rings. The zero-order valence-corrected chi connectivity index (χ0v) is 10.1. The molecular weight excluding hydrogens is 277 g/mol. The molecule has 0 saturated heterocycles. The van der Waals surface area contributed by atoms with Crippen molar-refractivity contribution in [2.24, 2.45) is 0 Å². The number of halogens is 1. The molecule has 0 aliphatic heterocycles. The molecule has 3 heteroatoms. The fourth-order valence-electron chi connectivity index (χ4n) is 1.30. The van der Waals surface area contributed by atoms with E-state index in [0.717, 1.165) is 20.3 Å². The molecule has 0 saturated carbocycles. The van der Waals surface area contributed by atoms with Gasteiger partial charge in [-0.2, -0.15) is 0 Å². The number of nitrogens with one attached hydrogen (secondary N) is 1. The predicted molar refractivity (Wildman–Crippen MR) is 62.0 cm³/mol. The number of aryl methyl sites for hydroxylation is 1. The summed E-state index contributed by atoms with van der Waals surface area (Å²) in [5, 5.41) is 2.65. The largest absolute Gasteiger partial charge is 0.355 e. The van der Waals surface area contributed by atoms with Crippen LogP contribution in [0.25, 0.3) is 0 Å². The van der Waals surface area contributed by atoms with Crippen LogP contribution in [0.2, 0.25) is 0 Å². The van der Waals surface area contributed by atoms with Gasteiger partial charge in [-0.05, 0) is 53.6 Å². The molecule has 13 heavy (non-hydrogen) atoms. The van der Waals surface area contributed by atoms with Gasteiger partial charge >= 0.3 is 0 Å². The predicted octanol–water partition coefficient (Wildman–Crippen LogP) is 2.27. The smallest absolute Gasteiger partial charge is 0.251 e. The molecule has 0 unspecified atom stereocenters. The van der Waals surface area contributed by atoms with Gasteiger partial charge in [-0.1, -0.05) is 6.07 Å². The lowest BCUT2D eigenvalue weighted by atomic mass is 10.0. The van der Waals surface area contributed by atoms with Crippen LogP contribution in [0.1, 0.15) is 21.5 Å². The summed E-state index contributed by atoms with van der Waals surface area (Å²) in [5.74, 6) is -0.00600. The zero-order chi connectivity index (χ0) is 10.0. The molecule has 0 spiro atoms. The van der Waals surface area contributed by atoms with Crippen LogP contribution in [0.4, 0.5) is 0 Å². The Morgan fingerprint density at radius 3 is 2.54 bits per heavy atom. The van der Waals surface area contributed by atoms with Gasteiger partial charge < -0.3 is 5.32 Å². The van der Waals surface area contributed by atoms with E-state index < -0.39 is 0 Å². The van der Waals surface area contributed by atoms with Crippen molar-refractivity contribution in [3.63, 3.8) is 0 Å². The fourth-order valence-corrected chi connectivity index (χ4v) is 1.75. The van der Waals surface area contributed by atoms with Gasteiger partial charge in [0.05, 0.1) is 0 Å². The Morgan fingerprint density at radius 1 is 1.38 bits per heavy atom. The van der Waals surface area contributed by atoms with Crippen LogP contribution in [0.3, 0.4) is 0 Å². The second-order valence-corrected chi connectivity index (χ2v) is 4.11. The van der Waals surface area contributed by atoms with E-state index in [-0.39, 0.29) is 5.91 Å². The van der Waals surface area contributed by atoms with Gasteiger partial charge in [-0.25, -0.2) is 0 Å². The molecule has 0 atom stereocenters. The molecule has 2 nitrogen and oxygen atoms in total. The van der Waals surface area contributed by atoms with Crippen molar-refractivity contribution in [3.05, 3.63) is 32.4 Å². The monoisotopic (exact) mass is 289 g/mol. The second-order valence-electron chi connectivity index (χ2n) is 2.94. The highest BCUT2D eigenvalue weighted by Crippen LogP contribution is 2.19. The number of hydrogen-bond acceptors (Lipinski definition) is 1. The van der Waals surface area contributed by atoms with E-state index >= 15 is 0 Å². The van der Waals surface area contributed by atoms with E-state index in [1.807, 2.05) is 26.0 Å². The summed E-state index contributed by atoms with van der Waals surface area (Å²) in [6.07, 6.45) is 0. The van der Waals surface area contributed by atoms with Gasteiger partial charge in [0, 0.05) is 16.2 Å². The normalized spacial score (nSPS) is 9.85. The summed E-state index contributed by atoms with van der Waals surface area (Å²) in [6, 6.07) is 4.00. The molecule has 1 N–H and O–H groups in total. The molecule has 0 aliphatic rings. The Morgan fingerprint density at radius 2 is 2.00 bits per heavy atom. The fraction of sp³-hybridized carbons (Fsp3) is 0.300. The molecule has 70 valence electrons. The van der Waals surface area contributed by atoms with Crippen molar-refractivity contribution in [1.82, 2.24) is 5.32 Å². The van der Waals surface area contributed by atoms with E-state index in [1.54, 1.807) is 7.05 Å². The lowest BCUT2D eigenvalue weighted by Gasteiger charge is -2.09. The average Bonchev–Trinajstić information content (AvgIpc) is 2.12. The molecule has 0 aromatic heterocycles. The molecular formula is C10H12INO. The average molecular weight is 289 g/mol. The highest BCUT2D eigenvalue weighted by Gasteiger charge is 2.11. The Kier molecular flexibility index (Phi) is 3.30. The van der Waals surface area contributed by atoms with Crippen molar-refractivity contribution in [1.29, 1.82) is 0 Å². The summed E-state index contributed by atoms with van der Waals surface area (Å²) in [6.45, 7) is 3.92. The Hall–Kier alpha value is -0.580. The van der Waals surface area contributed by atoms with Crippen molar-refractivity contribution in [3.8, 4) is 0 Å². The van der Waals surface area contributed by atoms with Crippen molar-refractivity contribution >= 4 is 28.5 Å². The molecule has 0 heterocycles. The first-order chi connectivity index (χ1) is 6.07. The third-order valence-electron chi connectivity index (χ3n) is 2.06. The second kappa shape index (κ2) is 4.09. The highest BCUT2D eigenvalue weighted by atomic mass is 127. The summed E-state index contributed by atoms with van der Waals surface area (Å²) >= 11 is 2.24. The summed E-state index contributed by atoms with van der Waals surface area (Å²) < 4.78 is 1.13. The number of hydrogen-bond donors (Lipinski definition) is 1. The SMILES string of the molecule is CNC(=O)c1c(C)ccc(I)c1C. The van der Waals surface area contributed by atoms with Crippen molar-refractivity contribution < 1.29 is 4.79 Å². The van der Waals surface area contributed by atoms with Crippen LogP contribution >= 0.6 is 22.6 Å². The van der Waals surface area contributed by atoms with E-state index in [1.165, 1.54) is 0 Å². The number of carbonyl (C=O) groups excluding carboxylic acids is 1. The van der Waals surface area contributed by atoms with Crippen LogP contribution in [-0.4, -0.2) is 13.0 Å². The summed E-state index contributed by atoms with van der Waals surface area (Å²) in [7, 11) is 1.65. The molecule has 0 fully saturated rings. The highest BCUT2D eigenvalue weighted by molar-refractivity contribution is 14.1. The molecule has 0 aliphatic carbocycles. The maximum atomic E-state index is 11.5. The minimum absolute atomic E-state index is 0.00600. The summed E-state index contributed by atoms with van der Waals surface area (Å²) in [5.41, 5.74) is 2.88. The van der Waals surface area contributed by atoms with Crippen LogP contribution in [0.5, 0.6) is 0 Å². The third-order valence-corrected chi connectivity index (χ3v) is 3.23. The molecule has 0 bridgehead atoms. The number of rotatable bonds is 1. The molecule has 1 amide bonds. The van der Waals surface area contributed by atoms with Crippen LogP contribution in [0.15, 0.2) is 12.1 Å². The van der Waals surface area contributed by atoms with E-state index in [2.05, 4.69) is 27.9 Å². The lowest BCUT2D eigenvalue weighted by Crippen LogP contribution is -2.20. The molecule has 1 rings (SSSR count). The van der Waals surface area contributed by atoms with E-state index in [4.69, 9.17) is 0 Å². The molecule has 1 aromatic carbocycles. The van der Waals surface area contributed by atoms with Gasteiger partial charge in [0.1, 0.15) is 0 Å². The zero-order valence-electron chi connectivity index (χ0n) is 7.94. The van der Waals surface area contributed by atoms with Crippen LogP contribution in [-0.2, 0) is 0 Å². The Bertz CT molecular complexity index is 347. The van der Waals surface area contributed by atoms with Crippen molar-refractivity contribution in [2.45, 2.75) is 13.8 Å². The topological polar surface area (TPSA) is 29.1 Å². The van der Waals surface area contributed by atoms with Crippen LogP contribution < -0.4 is 5.32 Å². The Balaban J connectivity index is 3.33. The Labute approximate surface area is 91.9 Å². The number of amides is 1. The summed E-state index contributed by atoms with van der Waals surface area (Å²) in [4.78, 5) is 11.5. The number of benzene rings is 1. The van der Waals surface area contributed by atoms with Gasteiger partial charge in [0.15, 0.2) is 0 Å². The van der Waals surface area contributed by atoms with Gasteiger partial charge in [0.25, 0.3) is 5.91 Å². The first-order valence-corrected chi connectivity index (χ1v) is 5.13. The van der Waals surface area contributed by atoms with E-state index in [0.29, 0.717) is 0 Å². The minimum Gasteiger partial charge on any atom is -0.355 e. The minimum atomic E-state index is -0.00600. The van der Waals surface area contributed by atoms with E-state index in [9.17, 15) is 4.79 Å². The quantitative estimate of drug-likeness (QED) is 0.789. The molecule has 0 radical (unpaired) electrons. The van der Waals surface area contributed by atoms with Gasteiger partial charge in [-0.3, -0.25) is 4.79 Å². The van der Waals surface area contributed by atoms with Gasteiger partial charge in [0.2, 0.25) is 0 Å². The first-order valence-electron chi connectivity index (χ1n) is 4.05. The van der Waals surface area contributed by atoms with Crippen LogP contribution in [0, 0.1) is 17.4 Å².